The second-order valence-electron chi connectivity index (χ2n) is 6.68. The standard InChI is InChI=1S/C20H25N3O3/c1-15(14-16-6-8-17(24)9-7-16)21-20(26)23-12-10-22(11-13-23)18-4-2-3-5-19(18)25/h2-9,15,24-25H,10-14H2,1H3,(H,21,26). The molecule has 0 aromatic heterocycles. The van der Waals surface area contributed by atoms with E-state index in [1.165, 1.54) is 0 Å². The fourth-order valence-corrected chi connectivity index (χ4v) is 3.22. The minimum absolute atomic E-state index is 0.00300. The van der Waals surface area contributed by atoms with E-state index in [-0.39, 0.29) is 23.6 Å². The lowest BCUT2D eigenvalue weighted by Crippen LogP contribution is -2.53. The van der Waals surface area contributed by atoms with Gasteiger partial charge in [0.15, 0.2) is 0 Å². The van der Waals surface area contributed by atoms with E-state index in [1.54, 1.807) is 24.3 Å². The molecule has 138 valence electrons. The van der Waals surface area contributed by atoms with E-state index in [0.717, 1.165) is 11.3 Å². The van der Waals surface area contributed by atoms with Crippen LogP contribution in [0.1, 0.15) is 12.5 Å². The van der Waals surface area contributed by atoms with Gasteiger partial charge in [0.05, 0.1) is 5.69 Å². The maximum Gasteiger partial charge on any atom is 0.317 e. The van der Waals surface area contributed by atoms with Crippen LogP contribution < -0.4 is 10.2 Å². The summed E-state index contributed by atoms with van der Waals surface area (Å²) < 4.78 is 0. The number of carbonyl (C=O) groups is 1. The number of anilines is 1. The zero-order valence-corrected chi connectivity index (χ0v) is 14.9. The van der Waals surface area contributed by atoms with Crippen molar-refractivity contribution in [1.82, 2.24) is 10.2 Å². The highest BCUT2D eigenvalue weighted by Crippen LogP contribution is 2.27. The first-order valence-electron chi connectivity index (χ1n) is 8.89. The molecule has 2 amide bonds. The quantitative estimate of drug-likeness (QED) is 0.788. The summed E-state index contributed by atoms with van der Waals surface area (Å²) in [5, 5.41) is 22.3. The van der Waals surface area contributed by atoms with E-state index in [1.807, 2.05) is 36.1 Å². The van der Waals surface area contributed by atoms with Crippen molar-refractivity contribution in [2.45, 2.75) is 19.4 Å². The van der Waals surface area contributed by atoms with Crippen LogP contribution in [0.5, 0.6) is 11.5 Å². The second kappa shape index (κ2) is 7.99. The average Bonchev–Trinajstić information content (AvgIpc) is 2.64. The number of phenolic OH excluding ortho intramolecular Hbond substituents is 2. The van der Waals surface area contributed by atoms with Crippen LogP contribution in [0.15, 0.2) is 48.5 Å². The Balaban J connectivity index is 1.49. The van der Waals surface area contributed by atoms with Crippen molar-refractivity contribution < 1.29 is 15.0 Å². The maximum atomic E-state index is 12.5. The summed E-state index contributed by atoms with van der Waals surface area (Å²) in [5.41, 5.74) is 1.88. The van der Waals surface area contributed by atoms with Crippen LogP contribution in [0.2, 0.25) is 0 Å². The lowest BCUT2D eigenvalue weighted by atomic mass is 10.1. The van der Waals surface area contributed by atoms with E-state index in [9.17, 15) is 15.0 Å². The molecule has 1 fully saturated rings. The van der Waals surface area contributed by atoms with Gasteiger partial charge in [0, 0.05) is 32.2 Å². The Bertz CT molecular complexity index is 740. The number of urea groups is 1. The Kier molecular flexibility index (Phi) is 5.51. The Labute approximate surface area is 153 Å². The fourth-order valence-electron chi connectivity index (χ4n) is 3.22. The van der Waals surface area contributed by atoms with E-state index in [4.69, 9.17) is 0 Å². The number of piperazine rings is 1. The summed E-state index contributed by atoms with van der Waals surface area (Å²) in [6, 6.07) is 14.3. The highest BCUT2D eigenvalue weighted by Gasteiger charge is 2.23. The highest BCUT2D eigenvalue weighted by atomic mass is 16.3. The van der Waals surface area contributed by atoms with Crippen LogP contribution in [-0.4, -0.2) is 53.4 Å². The van der Waals surface area contributed by atoms with Crippen molar-refractivity contribution >= 4 is 11.7 Å². The summed E-state index contributed by atoms with van der Waals surface area (Å²) in [6.07, 6.45) is 0.712. The SMILES string of the molecule is CC(Cc1ccc(O)cc1)NC(=O)N1CCN(c2ccccc2O)CC1. The van der Waals surface area contributed by atoms with Gasteiger partial charge >= 0.3 is 6.03 Å². The lowest BCUT2D eigenvalue weighted by molar-refractivity contribution is 0.191. The second-order valence-corrected chi connectivity index (χ2v) is 6.68. The molecule has 1 unspecified atom stereocenters. The van der Waals surface area contributed by atoms with Crippen molar-refractivity contribution in [2.75, 3.05) is 31.1 Å². The van der Waals surface area contributed by atoms with E-state index < -0.39 is 0 Å². The summed E-state index contributed by atoms with van der Waals surface area (Å²) in [4.78, 5) is 16.4. The summed E-state index contributed by atoms with van der Waals surface area (Å²) in [6.45, 7) is 4.59. The number of hydrogen-bond donors (Lipinski definition) is 3. The first kappa shape index (κ1) is 17.9. The van der Waals surface area contributed by atoms with E-state index in [2.05, 4.69) is 10.2 Å². The first-order chi connectivity index (χ1) is 12.5. The maximum absolute atomic E-state index is 12.5. The third-order valence-corrected chi connectivity index (χ3v) is 4.64. The molecule has 3 N–H and O–H groups in total. The molecule has 0 radical (unpaired) electrons. The number of benzene rings is 2. The van der Waals surface area contributed by atoms with Crippen LogP contribution in [0.3, 0.4) is 0 Å². The largest absolute Gasteiger partial charge is 0.508 e. The summed E-state index contributed by atoms with van der Waals surface area (Å²) in [5.74, 6) is 0.515. The number of rotatable bonds is 4. The Morgan fingerprint density at radius 1 is 1.04 bits per heavy atom. The molecule has 1 saturated heterocycles. The molecular formula is C20H25N3O3. The minimum atomic E-state index is -0.0618. The molecule has 1 atom stereocenters. The zero-order chi connectivity index (χ0) is 18.5. The van der Waals surface area contributed by atoms with Gasteiger partial charge in [-0.1, -0.05) is 24.3 Å². The van der Waals surface area contributed by atoms with Gasteiger partial charge < -0.3 is 25.3 Å². The van der Waals surface area contributed by atoms with Crippen LogP contribution in [0, 0.1) is 0 Å². The molecule has 2 aromatic rings. The molecule has 0 saturated carbocycles. The molecule has 26 heavy (non-hydrogen) atoms. The predicted molar refractivity (Wildman–Crippen MR) is 102 cm³/mol. The van der Waals surface area contributed by atoms with Gasteiger partial charge in [0.1, 0.15) is 11.5 Å². The predicted octanol–water partition coefficient (Wildman–Crippen LogP) is 2.56. The van der Waals surface area contributed by atoms with Gasteiger partial charge in [-0.15, -0.1) is 0 Å². The van der Waals surface area contributed by atoms with Gasteiger partial charge in [0.25, 0.3) is 0 Å². The highest BCUT2D eigenvalue weighted by molar-refractivity contribution is 5.75. The van der Waals surface area contributed by atoms with Crippen LogP contribution >= 0.6 is 0 Å². The van der Waals surface area contributed by atoms with Crippen molar-refractivity contribution in [3.05, 3.63) is 54.1 Å². The number of amides is 2. The summed E-state index contributed by atoms with van der Waals surface area (Å²) in [7, 11) is 0. The Morgan fingerprint density at radius 2 is 1.69 bits per heavy atom. The lowest BCUT2D eigenvalue weighted by Gasteiger charge is -2.36. The number of nitrogens with one attached hydrogen (secondary N) is 1. The van der Waals surface area contributed by atoms with Crippen LogP contribution in [-0.2, 0) is 6.42 Å². The first-order valence-corrected chi connectivity index (χ1v) is 8.89. The smallest absolute Gasteiger partial charge is 0.317 e. The fraction of sp³-hybridized carbons (Fsp3) is 0.350. The van der Waals surface area contributed by atoms with Crippen LogP contribution in [0.25, 0.3) is 0 Å². The number of phenols is 2. The molecule has 3 rings (SSSR count). The van der Waals surface area contributed by atoms with Gasteiger partial charge in [-0.05, 0) is 43.2 Å². The van der Waals surface area contributed by atoms with Crippen molar-refractivity contribution in [3.63, 3.8) is 0 Å². The molecule has 1 aliphatic rings. The van der Waals surface area contributed by atoms with Gasteiger partial charge in [-0.3, -0.25) is 0 Å². The van der Waals surface area contributed by atoms with Crippen LogP contribution in [0.4, 0.5) is 10.5 Å². The minimum Gasteiger partial charge on any atom is -0.508 e. The van der Waals surface area contributed by atoms with E-state index in [0.29, 0.717) is 32.6 Å². The number of nitrogens with zero attached hydrogens (tertiary/aromatic N) is 2. The normalized spacial score (nSPS) is 15.6. The monoisotopic (exact) mass is 355 g/mol. The molecule has 1 heterocycles. The van der Waals surface area contributed by atoms with E-state index >= 15 is 0 Å². The number of carbonyl (C=O) groups excluding carboxylic acids is 1. The average molecular weight is 355 g/mol. The third-order valence-electron chi connectivity index (χ3n) is 4.64. The zero-order valence-electron chi connectivity index (χ0n) is 14.9. The molecule has 0 spiro atoms. The molecule has 0 aliphatic carbocycles. The molecule has 6 nitrogen and oxygen atoms in total. The summed E-state index contributed by atoms with van der Waals surface area (Å²) >= 11 is 0. The molecular weight excluding hydrogens is 330 g/mol. The molecule has 1 aliphatic heterocycles. The van der Waals surface area contributed by atoms with Gasteiger partial charge in [-0.2, -0.15) is 0 Å². The Morgan fingerprint density at radius 3 is 2.35 bits per heavy atom. The van der Waals surface area contributed by atoms with Gasteiger partial charge in [0.2, 0.25) is 0 Å². The molecule has 0 bridgehead atoms. The number of aromatic hydroxyl groups is 2. The van der Waals surface area contributed by atoms with Crippen molar-refractivity contribution in [3.8, 4) is 11.5 Å². The third kappa shape index (κ3) is 4.39. The van der Waals surface area contributed by atoms with Gasteiger partial charge in [-0.25, -0.2) is 4.79 Å². The number of para-hydroxylation sites is 2. The molecule has 2 aromatic carbocycles. The Hall–Kier alpha value is -2.89. The molecule has 6 heteroatoms. The topological polar surface area (TPSA) is 76.0 Å². The van der Waals surface area contributed by atoms with Crippen molar-refractivity contribution in [1.29, 1.82) is 0 Å². The van der Waals surface area contributed by atoms with Crippen molar-refractivity contribution in [2.24, 2.45) is 0 Å². The number of hydrogen-bond acceptors (Lipinski definition) is 4.